The van der Waals surface area contributed by atoms with Gasteiger partial charge in [-0.2, -0.15) is 0 Å². The van der Waals surface area contributed by atoms with E-state index >= 15 is 0 Å². The summed E-state index contributed by atoms with van der Waals surface area (Å²) >= 11 is 1.61. The molecule has 1 aromatic heterocycles. The number of hydrogen-bond acceptors (Lipinski definition) is 4. The number of nitrogens with zero attached hydrogens (tertiary/aromatic N) is 1. The normalized spacial score (nSPS) is 27.2. The van der Waals surface area contributed by atoms with Crippen LogP contribution in [0.3, 0.4) is 0 Å². The number of piperidine rings is 3. The topological polar surface area (TPSA) is 29.5 Å². The third-order valence-corrected chi connectivity index (χ3v) is 7.51. The van der Waals surface area contributed by atoms with Gasteiger partial charge in [0.25, 0.3) is 0 Å². The Morgan fingerprint density at radius 2 is 2.00 bits per heavy atom. The van der Waals surface area contributed by atoms with Gasteiger partial charge < -0.3 is 4.74 Å². The molecule has 0 spiro atoms. The standard InChI is InChI=1S/C22H29NO2S/c1-14(2)25-17-6-5-16-11-21(26-20(16)12-17)19(24)13-18-15-7-9-23(10-8-15)22(18,3)4/h5-6,11-12,14-15,18H,7-10,13H2,1-4H3/t18-/m1/s1. The SMILES string of the molecule is CC(C)Oc1ccc2cc(C(=O)C[C@@H]3C4CCN(CC4)C3(C)C)sc2c1. The van der Waals surface area contributed by atoms with Gasteiger partial charge in [-0.3, -0.25) is 9.69 Å². The maximum atomic E-state index is 13.1. The van der Waals surface area contributed by atoms with Gasteiger partial charge in [0.1, 0.15) is 5.75 Å². The number of ketones is 1. The monoisotopic (exact) mass is 371 g/mol. The van der Waals surface area contributed by atoms with Crippen molar-refractivity contribution in [2.45, 2.75) is 58.6 Å². The van der Waals surface area contributed by atoms with E-state index < -0.39 is 0 Å². The van der Waals surface area contributed by atoms with Gasteiger partial charge in [-0.25, -0.2) is 0 Å². The minimum absolute atomic E-state index is 0.145. The second-order valence-corrected chi connectivity index (χ2v) is 9.77. The number of benzene rings is 1. The highest BCUT2D eigenvalue weighted by Gasteiger charge is 2.47. The molecule has 4 heteroatoms. The van der Waals surface area contributed by atoms with Crippen molar-refractivity contribution in [1.82, 2.24) is 4.90 Å². The van der Waals surface area contributed by atoms with E-state index in [2.05, 4.69) is 36.9 Å². The molecule has 0 amide bonds. The Kier molecular flexibility index (Phi) is 4.60. The third-order valence-electron chi connectivity index (χ3n) is 6.37. The highest BCUT2D eigenvalue weighted by Crippen LogP contribution is 2.46. The first-order valence-corrected chi connectivity index (χ1v) is 10.6. The number of Topliss-reactive ketones (excluding diaryl/α,β-unsaturated/α-hetero) is 1. The molecule has 0 aliphatic carbocycles. The first kappa shape index (κ1) is 18.0. The Labute approximate surface area is 160 Å². The maximum Gasteiger partial charge on any atom is 0.173 e. The second-order valence-electron chi connectivity index (χ2n) is 8.69. The summed E-state index contributed by atoms with van der Waals surface area (Å²) in [5.41, 5.74) is 0.145. The Bertz CT molecular complexity index is 815. The summed E-state index contributed by atoms with van der Waals surface area (Å²) in [5, 5.41) is 1.14. The zero-order valence-electron chi connectivity index (χ0n) is 16.2. The van der Waals surface area contributed by atoms with Crippen molar-refractivity contribution in [1.29, 1.82) is 0 Å². The lowest BCUT2D eigenvalue weighted by Crippen LogP contribution is -2.61. The lowest BCUT2D eigenvalue weighted by Gasteiger charge is -2.56. The van der Waals surface area contributed by atoms with Gasteiger partial charge in [-0.1, -0.05) is 0 Å². The van der Waals surface area contributed by atoms with Gasteiger partial charge in [0, 0.05) is 16.7 Å². The summed E-state index contributed by atoms with van der Waals surface area (Å²) in [5.74, 6) is 2.37. The van der Waals surface area contributed by atoms with Crippen LogP contribution >= 0.6 is 11.3 Å². The molecule has 3 nitrogen and oxygen atoms in total. The van der Waals surface area contributed by atoms with Crippen LogP contribution in [0.5, 0.6) is 5.75 Å². The van der Waals surface area contributed by atoms with Gasteiger partial charge in [-0.15, -0.1) is 11.3 Å². The van der Waals surface area contributed by atoms with Crippen LogP contribution in [0.2, 0.25) is 0 Å². The minimum Gasteiger partial charge on any atom is -0.491 e. The first-order valence-electron chi connectivity index (χ1n) is 9.83. The van der Waals surface area contributed by atoms with E-state index in [-0.39, 0.29) is 11.6 Å². The van der Waals surface area contributed by atoms with Gasteiger partial charge in [0.2, 0.25) is 0 Å². The van der Waals surface area contributed by atoms with E-state index in [1.165, 1.54) is 25.9 Å². The summed E-state index contributed by atoms with van der Waals surface area (Å²) in [4.78, 5) is 16.6. The zero-order valence-corrected chi connectivity index (χ0v) is 17.1. The fraction of sp³-hybridized carbons (Fsp3) is 0.591. The van der Waals surface area contributed by atoms with Crippen LogP contribution < -0.4 is 4.74 Å². The number of hydrogen-bond donors (Lipinski definition) is 0. The second kappa shape index (κ2) is 6.65. The zero-order chi connectivity index (χ0) is 18.5. The van der Waals surface area contributed by atoms with Crippen LogP contribution in [0, 0.1) is 11.8 Å². The van der Waals surface area contributed by atoms with Crippen LogP contribution in [0.1, 0.15) is 56.6 Å². The molecule has 0 unspecified atom stereocenters. The molecule has 5 rings (SSSR count). The molecular weight excluding hydrogens is 342 g/mol. The van der Waals surface area contributed by atoms with Crippen molar-refractivity contribution >= 4 is 27.2 Å². The van der Waals surface area contributed by atoms with Crippen molar-refractivity contribution in [3.8, 4) is 5.75 Å². The molecule has 1 aromatic carbocycles. The van der Waals surface area contributed by atoms with Crippen LogP contribution in [0.25, 0.3) is 10.1 Å². The van der Waals surface area contributed by atoms with Crippen molar-refractivity contribution < 1.29 is 9.53 Å². The summed E-state index contributed by atoms with van der Waals surface area (Å²) in [7, 11) is 0. The van der Waals surface area contributed by atoms with E-state index in [4.69, 9.17) is 4.74 Å². The molecule has 2 aromatic rings. The third kappa shape index (κ3) is 3.18. The highest BCUT2D eigenvalue weighted by atomic mass is 32.1. The number of rotatable bonds is 5. The molecule has 26 heavy (non-hydrogen) atoms. The fourth-order valence-corrected chi connectivity index (χ4v) is 5.94. The van der Waals surface area contributed by atoms with Gasteiger partial charge in [0.05, 0.1) is 11.0 Å². The average Bonchev–Trinajstić information content (AvgIpc) is 3.01. The van der Waals surface area contributed by atoms with Gasteiger partial charge >= 0.3 is 0 Å². The molecule has 3 aliphatic heterocycles. The molecule has 2 bridgehead atoms. The molecular formula is C22H29NO2S. The first-order chi connectivity index (χ1) is 12.3. The fourth-order valence-electron chi connectivity index (χ4n) is 4.90. The largest absolute Gasteiger partial charge is 0.491 e. The van der Waals surface area contributed by atoms with Crippen LogP contribution in [0.15, 0.2) is 24.3 Å². The predicted molar refractivity (Wildman–Crippen MR) is 108 cm³/mol. The Hall–Kier alpha value is -1.39. The van der Waals surface area contributed by atoms with Crippen LogP contribution in [-0.4, -0.2) is 35.4 Å². The smallest absolute Gasteiger partial charge is 0.173 e. The van der Waals surface area contributed by atoms with Crippen molar-refractivity contribution in [2.24, 2.45) is 11.8 Å². The number of ether oxygens (including phenoxy) is 1. The summed E-state index contributed by atoms with van der Waals surface area (Å²) < 4.78 is 6.93. The molecule has 140 valence electrons. The molecule has 0 N–H and O–H groups in total. The van der Waals surface area contributed by atoms with E-state index in [0.717, 1.165) is 20.7 Å². The lowest BCUT2D eigenvalue weighted by atomic mass is 9.65. The predicted octanol–water partition coefficient (Wildman–Crippen LogP) is 5.38. The van der Waals surface area contributed by atoms with Crippen molar-refractivity contribution in [3.05, 3.63) is 29.1 Å². The maximum absolute atomic E-state index is 13.1. The van der Waals surface area contributed by atoms with Crippen molar-refractivity contribution in [3.63, 3.8) is 0 Å². The van der Waals surface area contributed by atoms with E-state index in [1.807, 2.05) is 19.9 Å². The Morgan fingerprint density at radius 3 is 2.65 bits per heavy atom. The average molecular weight is 372 g/mol. The van der Waals surface area contributed by atoms with Crippen molar-refractivity contribution in [2.75, 3.05) is 13.1 Å². The summed E-state index contributed by atoms with van der Waals surface area (Å²) in [6.45, 7) is 11.1. The number of thiophene rings is 1. The number of fused-ring (bicyclic) bond motifs is 4. The molecule has 3 fully saturated rings. The lowest BCUT2D eigenvalue weighted by molar-refractivity contribution is -0.0643. The molecule has 1 atom stereocenters. The minimum atomic E-state index is 0.145. The number of carbonyl (C=O) groups is 1. The van der Waals surface area contributed by atoms with E-state index in [0.29, 0.717) is 24.0 Å². The van der Waals surface area contributed by atoms with Crippen LogP contribution in [-0.2, 0) is 0 Å². The van der Waals surface area contributed by atoms with E-state index in [9.17, 15) is 4.79 Å². The van der Waals surface area contributed by atoms with E-state index in [1.54, 1.807) is 11.3 Å². The molecule has 3 saturated heterocycles. The van der Waals surface area contributed by atoms with Crippen LogP contribution in [0.4, 0.5) is 0 Å². The molecule has 0 saturated carbocycles. The van der Waals surface area contributed by atoms with Gasteiger partial charge in [-0.05, 0) is 95.1 Å². The van der Waals surface area contributed by atoms with Gasteiger partial charge in [0.15, 0.2) is 5.78 Å². The molecule has 3 aliphatic rings. The Morgan fingerprint density at radius 1 is 1.27 bits per heavy atom. The molecule has 4 heterocycles. The Balaban J connectivity index is 1.54. The summed E-state index contributed by atoms with van der Waals surface area (Å²) in [6.07, 6.45) is 3.34. The summed E-state index contributed by atoms with van der Waals surface area (Å²) in [6, 6.07) is 8.20. The number of carbonyl (C=O) groups excluding carboxylic acids is 1. The highest BCUT2D eigenvalue weighted by molar-refractivity contribution is 7.20. The quantitative estimate of drug-likeness (QED) is 0.661. The molecule has 0 radical (unpaired) electrons.